The highest BCUT2D eigenvalue weighted by Crippen LogP contribution is 2.11. The van der Waals surface area contributed by atoms with Gasteiger partial charge in [-0.1, -0.05) is 11.6 Å². The van der Waals surface area contributed by atoms with Crippen molar-refractivity contribution in [1.29, 1.82) is 0 Å². The Kier molecular flexibility index (Phi) is 7.02. The van der Waals surface area contributed by atoms with Crippen molar-refractivity contribution in [3.05, 3.63) is 34.9 Å². The van der Waals surface area contributed by atoms with Gasteiger partial charge in [0.25, 0.3) is 0 Å². The van der Waals surface area contributed by atoms with Gasteiger partial charge < -0.3 is 14.7 Å². The van der Waals surface area contributed by atoms with Gasteiger partial charge in [-0.3, -0.25) is 4.79 Å². The molecule has 1 N–H and O–H groups in total. The van der Waals surface area contributed by atoms with Crippen molar-refractivity contribution in [2.24, 2.45) is 0 Å². The minimum Gasteiger partial charge on any atom is -0.389 e. The molecule has 0 saturated carbocycles. The van der Waals surface area contributed by atoms with Crippen LogP contribution in [0.4, 0.5) is 0 Å². The van der Waals surface area contributed by atoms with Crippen molar-refractivity contribution in [2.45, 2.75) is 12.5 Å². The standard InChI is InChI=1S/C14H20ClNO3/c1-16(9-13(17)10-19-2)8-7-14(18)11-3-5-12(15)6-4-11/h3-6,13,17H,7-10H2,1-2H3. The van der Waals surface area contributed by atoms with Crippen molar-refractivity contribution in [3.63, 3.8) is 0 Å². The molecule has 1 aromatic carbocycles. The first-order chi connectivity index (χ1) is 9.02. The molecule has 0 aromatic heterocycles. The molecule has 1 unspecified atom stereocenters. The fraction of sp³-hybridized carbons (Fsp3) is 0.500. The lowest BCUT2D eigenvalue weighted by Crippen LogP contribution is -2.33. The first-order valence-corrected chi connectivity index (χ1v) is 6.55. The van der Waals surface area contributed by atoms with Crippen LogP contribution < -0.4 is 0 Å². The van der Waals surface area contributed by atoms with E-state index in [-0.39, 0.29) is 5.78 Å². The average molecular weight is 286 g/mol. The highest BCUT2D eigenvalue weighted by Gasteiger charge is 2.10. The van der Waals surface area contributed by atoms with Crippen LogP contribution in [0, 0.1) is 0 Å². The lowest BCUT2D eigenvalue weighted by Gasteiger charge is -2.19. The van der Waals surface area contributed by atoms with Crippen molar-refractivity contribution in [2.75, 3.05) is 33.9 Å². The normalized spacial score (nSPS) is 12.7. The number of benzene rings is 1. The second-order valence-corrected chi connectivity index (χ2v) is 4.99. The van der Waals surface area contributed by atoms with Gasteiger partial charge in [0.1, 0.15) is 0 Å². The zero-order valence-electron chi connectivity index (χ0n) is 11.3. The van der Waals surface area contributed by atoms with Crippen LogP contribution in [-0.2, 0) is 4.74 Å². The molecule has 1 rings (SSSR count). The molecule has 0 saturated heterocycles. The highest BCUT2D eigenvalue weighted by atomic mass is 35.5. The SMILES string of the molecule is COCC(O)CN(C)CCC(=O)c1ccc(Cl)cc1. The van der Waals surface area contributed by atoms with Gasteiger partial charge in [-0.25, -0.2) is 0 Å². The summed E-state index contributed by atoms with van der Waals surface area (Å²) in [4.78, 5) is 13.8. The third-order valence-electron chi connectivity index (χ3n) is 2.77. The summed E-state index contributed by atoms with van der Waals surface area (Å²) >= 11 is 5.77. The zero-order valence-corrected chi connectivity index (χ0v) is 12.1. The van der Waals surface area contributed by atoms with E-state index < -0.39 is 6.10 Å². The predicted octanol–water partition coefficient (Wildman–Crippen LogP) is 1.85. The van der Waals surface area contributed by atoms with Gasteiger partial charge in [-0.2, -0.15) is 0 Å². The van der Waals surface area contributed by atoms with Gasteiger partial charge in [0.05, 0.1) is 12.7 Å². The molecule has 106 valence electrons. The lowest BCUT2D eigenvalue weighted by atomic mass is 10.1. The number of ether oxygens (including phenoxy) is 1. The molecular formula is C14H20ClNO3. The van der Waals surface area contributed by atoms with Gasteiger partial charge in [0.2, 0.25) is 0 Å². The summed E-state index contributed by atoms with van der Waals surface area (Å²) in [6, 6.07) is 6.87. The van der Waals surface area contributed by atoms with Crippen molar-refractivity contribution >= 4 is 17.4 Å². The number of Topliss-reactive ketones (excluding diaryl/α,β-unsaturated/α-hetero) is 1. The number of carbonyl (C=O) groups excluding carboxylic acids is 1. The molecule has 0 heterocycles. The number of hydrogen-bond acceptors (Lipinski definition) is 4. The quantitative estimate of drug-likeness (QED) is 0.741. The molecule has 0 spiro atoms. The largest absolute Gasteiger partial charge is 0.389 e. The lowest BCUT2D eigenvalue weighted by molar-refractivity contribution is 0.0428. The summed E-state index contributed by atoms with van der Waals surface area (Å²) in [5.41, 5.74) is 0.662. The molecule has 1 aromatic rings. The van der Waals surface area contributed by atoms with E-state index in [0.29, 0.717) is 36.7 Å². The summed E-state index contributed by atoms with van der Waals surface area (Å²) < 4.78 is 4.85. The Morgan fingerprint density at radius 2 is 2.05 bits per heavy atom. The first-order valence-electron chi connectivity index (χ1n) is 6.17. The Morgan fingerprint density at radius 3 is 2.63 bits per heavy atom. The second-order valence-electron chi connectivity index (χ2n) is 4.55. The molecule has 0 bridgehead atoms. The van der Waals surface area contributed by atoms with Crippen molar-refractivity contribution in [1.82, 2.24) is 4.90 Å². The smallest absolute Gasteiger partial charge is 0.164 e. The van der Waals surface area contributed by atoms with Crippen LogP contribution in [0.15, 0.2) is 24.3 Å². The molecule has 4 nitrogen and oxygen atoms in total. The maximum atomic E-state index is 11.9. The van der Waals surface area contributed by atoms with Crippen LogP contribution in [0.2, 0.25) is 5.02 Å². The van der Waals surface area contributed by atoms with Crippen molar-refractivity contribution in [3.8, 4) is 0 Å². The fourth-order valence-electron chi connectivity index (χ4n) is 1.77. The van der Waals surface area contributed by atoms with Crippen molar-refractivity contribution < 1.29 is 14.6 Å². The summed E-state index contributed by atoms with van der Waals surface area (Å²) in [7, 11) is 3.42. The Hall–Kier alpha value is -0.940. The summed E-state index contributed by atoms with van der Waals surface area (Å²) in [5.74, 6) is 0.0738. The monoisotopic (exact) mass is 285 g/mol. The molecule has 5 heteroatoms. The molecule has 0 aliphatic heterocycles. The number of halogens is 1. The van der Waals surface area contributed by atoms with Gasteiger partial charge in [-0.15, -0.1) is 0 Å². The first kappa shape index (κ1) is 16.1. The molecule has 0 fully saturated rings. The Balaban J connectivity index is 2.35. The molecule has 0 amide bonds. The second kappa shape index (κ2) is 8.27. The van der Waals surface area contributed by atoms with Crippen LogP contribution in [0.3, 0.4) is 0 Å². The number of hydrogen-bond donors (Lipinski definition) is 1. The molecule has 0 aliphatic rings. The van der Waals surface area contributed by atoms with Crippen LogP contribution >= 0.6 is 11.6 Å². The Bertz CT molecular complexity index is 394. The molecule has 1 atom stereocenters. The summed E-state index contributed by atoms with van der Waals surface area (Å²) in [6.07, 6.45) is -0.113. The van der Waals surface area contributed by atoms with E-state index in [2.05, 4.69) is 0 Å². The Labute approximate surface area is 118 Å². The van der Waals surface area contributed by atoms with E-state index in [1.54, 1.807) is 31.4 Å². The van der Waals surface area contributed by atoms with Gasteiger partial charge in [-0.05, 0) is 31.3 Å². The fourth-order valence-corrected chi connectivity index (χ4v) is 1.89. The summed E-state index contributed by atoms with van der Waals surface area (Å²) in [5, 5.41) is 10.2. The third-order valence-corrected chi connectivity index (χ3v) is 3.02. The molecule has 19 heavy (non-hydrogen) atoms. The number of aliphatic hydroxyl groups is 1. The number of ketones is 1. The van der Waals surface area contributed by atoms with Crippen LogP contribution in [0.5, 0.6) is 0 Å². The third kappa shape index (κ3) is 6.16. The number of likely N-dealkylation sites (N-methyl/N-ethyl adjacent to an activating group) is 1. The van der Waals surface area contributed by atoms with E-state index in [0.717, 1.165) is 0 Å². The van der Waals surface area contributed by atoms with Crippen LogP contribution in [0.25, 0.3) is 0 Å². The highest BCUT2D eigenvalue weighted by molar-refractivity contribution is 6.30. The number of aliphatic hydroxyl groups excluding tert-OH is 1. The number of rotatable bonds is 8. The minimum absolute atomic E-state index is 0.0738. The van der Waals surface area contributed by atoms with Crippen LogP contribution in [0.1, 0.15) is 16.8 Å². The molecule has 0 aliphatic carbocycles. The van der Waals surface area contributed by atoms with Gasteiger partial charge in [0.15, 0.2) is 5.78 Å². The van der Waals surface area contributed by atoms with E-state index in [1.165, 1.54) is 0 Å². The Morgan fingerprint density at radius 1 is 1.42 bits per heavy atom. The zero-order chi connectivity index (χ0) is 14.3. The number of nitrogens with zero attached hydrogens (tertiary/aromatic N) is 1. The van der Waals surface area contributed by atoms with E-state index in [4.69, 9.17) is 16.3 Å². The average Bonchev–Trinajstić information content (AvgIpc) is 2.37. The molecular weight excluding hydrogens is 266 g/mol. The van der Waals surface area contributed by atoms with Crippen LogP contribution in [-0.4, -0.2) is 55.7 Å². The van der Waals surface area contributed by atoms with Gasteiger partial charge >= 0.3 is 0 Å². The topological polar surface area (TPSA) is 49.8 Å². The maximum Gasteiger partial charge on any atom is 0.164 e. The maximum absolute atomic E-state index is 11.9. The predicted molar refractivity (Wildman–Crippen MR) is 75.8 cm³/mol. The van der Waals surface area contributed by atoms with Gasteiger partial charge in [0, 0.05) is 37.2 Å². The number of carbonyl (C=O) groups is 1. The summed E-state index contributed by atoms with van der Waals surface area (Å²) in [6.45, 7) is 1.39. The molecule has 0 radical (unpaired) electrons. The van der Waals surface area contributed by atoms with E-state index in [1.807, 2.05) is 11.9 Å². The number of methoxy groups -OCH3 is 1. The minimum atomic E-state index is -0.527. The van der Waals surface area contributed by atoms with E-state index >= 15 is 0 Å². The van der Waals surface area contributed by atoms with E-state index in [9.17, 15) is 9.90 Å².